The number of ether oxygens (including phenoxy) is 2. The van der Waals surface area contributed by atoms with Gasteiger partial charge in [0.05, 0.1) is 7.11 Å². The van der Waals surface area contributed by atoms with E-state index >= 15 is 0 Å². The molecule has 0 spiro atoms. The van der Waals surface area contributed by atoms with Crippen molar-refractivity contribution in [3.8, 4) is 5.75 Å². The van der Waals surface area contributed by atoms with E-state index < -0.39 is 0 Å². The maximum absolute atomic E-state index is 12.9. The Bertz CT molecular complexity index is 620. The number of likely N-dealkylation sites (tertiary alicyclic amines) is 1. The predicted molar refractivity (Wildman–Crippen MR) is 111 cm³/mol. The van der Waals surface area contributed by atoms with Crippen molar-refractivity contribution in [2.75, 3.05) is 39.9 Å². The van der Waals surface area contributed by atoms with Gasteiger partial charge in [0.2, 0.25) is 0 Å². The first-order valence-electron chi connectivity index (χ1n) is 10.8. The molecule has 2 aliphatic rings. The number of methoxy groups -OCH3 is 1. The molecule has 3 rings (SSSR count). The van der Waals surface area contributed by atoms with Crippen LogP contribution < -0.4 is 4.74 Å². The second kappa shape index (κ2) is 10.3. The highest BCUT2D eigenvalue weighted by Gasteiger charge is 2.31. The summed E-state index contributed by atoms with van der Waals surface area (Å²) >= 11 is 0. The van der Waals surface area contributed by atoms with Crippen LogP contribution in [0.2, 0.25) is 0 Å². The van der Waals surface area contributed by atoms with E-state index in [0.29, 0.717) is 11.8 Å². The van der Waals surface area contributed by atoms with Crippen LogP contribution >= 0.6 is 0 Å². The number of rotatable bonds is 8. The Morgan fingerprint density at radius 2 is 2.00 bits per heavy atom. The second-order valence-electron chi connectivity index (χ2n) is 8.67. The smallest absolute Gasteiger partial charge is 0.251 e. The molecule has 156 valence electrons. The number of carbonyl (C=O) groups is 1. The van der Waals surface area contributed by atoms with Crippen LogP contribution in [0, 0.1) is 11.8 Å². The van der Waals surface area contributed by atoms with Gasteiger partial charge in [0.1, 0.15) is 11.9 Å². The second-order valence-corrected chi connectivity index (χ2v) is 8.67. The van der Waals surface area contributed by atoms with Gasteiger partial charge in [0.15, 0.2) is 0 Å². The van der Waals surface area contributed by atoms with Crippen molar-refractivity contribution < 1.29 is 14.3 Å². The molecule has 0 aliphatic carbocycles. The van der Waals surface area contributed by atoms with Gasteiger partial charge in [0, 0.05) is 31.8 Å². The summed E-state index contributed by atoms with van der Waals surface area (Å²) in [6.45, 7) is 9.89. The Morgan fingerprint density at radius 3 is 2.64 bits per heavy atom. The molecule has 2 aliphatic heterocycles. The Balaban J connectivity index is 1.51. The van der Waals surface area contributed by atoms with Crippen LogP contribution in [0.25, 0.3) is 0 Å². The zero-order chi connectivity index (χ0) is 19.9. The zero-order valence-corrected chi connectivity index (χ0v) is 17.7. The van der Waals surface area contributed by atoms with Gasteiger partial charge in [-0.05, 0) is 56.7 Å². The zero-order valence-electron chi connectivity index (χ0n) is 17.7. The highest BCUT2D eigenvalue weighted by Crippen LogP contribution is 2.25. The lowest BCUT2D eigenvalue weighted by Crippen LogP contribution is -2.45. The largest absolute Gasteiger partial charge is 0.496 e. The number of hydrogen-bond donors (Lipinski definition) is 0. The summed E-state index contributed by atoms with van der Waals surface area (Å²) in [6, 6.07) is 8.27. The lowest BCUT2D eigenvalue weighted by Gasteiger charge is -2.36. The molecule has 2 heterocycles. The van der Waals surface area contributed by atoms with Crippen LogP contribution in [0.15, 0.2) is 24.3 Å². The third kappa shape index (κ3) is 5.71. The Kier molecular flexibility index (Phi) is 7.74. The summed E-state index contributed by atoms with van der Waals surface area (Å²) < 4.78 is 11.2. The third-order valence-electron chi connectivity index (χ3n) is 5.87. The Labute approximate surface area is 170 Å². The van der Waals surface area contributed by atoms with E-state index in [2.05, 4.69) is 35.8 Å². The van der Waals surface area contributed by atoms with E-state index in [9.17, 15) is 4.79 Å². The third-order valence-corrected chi connectivity index (χ3v) is 5.87. The van der Waals surface area contributed by atoms with Crippen LogP contribution in [0.5, 0.6) is 5.75 Å². The minimum Gasteiger partial charge on any atom is -0.496 e. The lowest BCUT2D eigenvalue weighted by atomic mass is 9.95. The topological polar surface area (TPSA) is 42.0 Å². The fourth-order valence-electron chi connectivity index (χ4n) is 4.38. The predicted octanol–water partition coefficient (Wildman–Crippen LogP) is 3.57. The maximum Gasteiger partial charge on any atom is 0.251 e. The van der Waals surface area contributed by atoms with Crippen molar-refractivity contribution in [2.45, 2.75) is 52.2 Å². The number of amides is 1. The minimum absolute atomic E-state index is 0.204. The first-order chi connectivity index (χ1) is 13.6. The molecular formula is C23H36N2O3. The molecule has 0 radical (unpaired) electrons. The van der Waals surface area contributed by atoms with Crippen molar-refractivity contribution in [1.82, 2.24) is 9.80 Å². The van der Waals surface area contributed by atoms with Crippen molar-refractivity contribution in [1.29, 1.82) is 0 Å². The molecule has 0 unspecified atom stereocenters. The number of nitrogens with zero attached hydrogens (tertiary/aromatic N) is 2. The van der Waals surface area contributed by atoms with Crippen LogP contribution in [-0.4, -0.2) is 61.7 Å². The van der Waals surface area contributed by atoms with Gasteiger partial charge < -0.3 is 14.4 Å². The molecule has 1 aromatic rings. The molecule has 0 N–H and O–H groups in total. The first-order valence-corrected chi connectivity index (χ1v) is 10.8. The van der Waals surface area contributed by atoms with Crippen LogP contribution in [-0.2, 0) is 16.1 Å². The van der Waals surface area contributed by atoms with E-state index in [1.54, 1.807) is 7.11 Å². The van der Waals surface area contributed by atoms with Gasteiger partial charge in [-0.2, -0.15) is 0 Å². The molecule has 2 saturated heterocycles. The van der Waals surface area contributed by atoms with E-state index in [1.165, 1.54) is 5.56 Å². The molecule has 0 aromatic heterocycles. The number of piperidine rings is 1. The van der Waals surface area contributed by atoms with Crippen molar-refractivity contribution in [2.24, 2.45) is 11.8 Å². The molecule has 2 fully saturated rings. The van der Waals surface area contributed by atoms with Crippen LogP contribution in [0.3, 0.4) is 0 Å². The molecule has 1 atom stereocenters. The summed E-state index contributed by atoms with van der Waals surface area (Å²) in [6.07, 6.45) is 3.97. The number of para-hydroxylation sites is 1. The molecular weight excluding hydrogens is 352 g/mol. The normalized spacial score (nSPS) is 21.2. The van der Waals surface area contributed by atoms with E-state index in [0.717, 1.165) is 70.8 Å². The molecule has 5 heteroatoms. The van der Waals surface area contributed by atoms with Gasteiger partial charge in [-0.3, -0.25) is 9.69 Å². The average Bonchev–Trinajstić information content (AvgIpc) is 3.23. The van der Waals surface area contributed by atoms with E-state index in [4.69, 9.17) is 9.47 Å². The Morgan fingerprint density at radius 1 is 1.25 bits per heavy atom. The molecule has 28 heavy (non-hydrogen) atoms. The van der Waals surface area contributed by atoms with Gasteiger partial charge in [-0.15, -0.1) is 0 Å². The lowest BCUT2D eigenvalue weighted by molar-refractivity contribution is -0.142. The quantitative estimate of drug-likeness (QED) is 0.683. The fourth-order valence-corrected chi connectivity index (χ4v) is 4.38. The maximum atomic E-state index is 12.9. The van der Waals surface area contributed by atoms with Gasteiger partial charge >= 0.3 is 0 Å². The number of benzene rings is 1. The molecule has 1 amide bonds. The standard InChI is InChI=1S/C23H36N2O3/c1-18(2)15-25(23(26)22-9-6-14-28-22)16-19-10-12-24(13-11-19)17-20-7-4-5-8-21(20)27-3/h4-5,7-8,18-19,22H,6,9-17H2,1-3H3/t22-/m0/s1. The highest BCUT2D eigenvalue weighted by molar-refractivity contribution is 5.81. The average molecular weight is 389 g/mol. The highest BCUT2D eigenvalue weighted by atomic mass is 16.5. The summed E-state index contributed by atoms with van der Waals surface area (Å²) in [4.78, 5) is 17.5. The molecule has 5 nitrogen and oxygen atoms in total. The molecule has 0 saturated carbocycles. The van der Waals surface area contributed by atoms with E-state index in [1.807, 2.05) is 12.1 Å². The number of hydrogen-bond acceptors (Lipinski definition) is 4. The summed E-state index contributed by atoms with van der Waals surface area (Å²) in [5.74, 6) is 2.24. The molecule has 0 bridgehead atoms. The minimum atomic E-state index is -0.204. The molecule has 1 aromatic carbocycles. The van der Waals surface area contributed by atoms with Crippen molar-refractivity contribution in [3.63, 3.8) is 0 Å². The summed E-state index contributed by atoms with van der Waals surface area (Å²) in [5.41, 5.74) is 1.25. The van der Waals surface area contributed by atoms with Crippen molar-refractivity contribution in [3.05, 3.63) is 29.8 Å². The van der Waals surface area contributed by atoms with E-state index in [-0.39, 0.29) is 12.0 Å². The van der Waals surface area contributed by atoms with Gasteiger partial charge in [-0.25, -0.2) is 0 Å². The first kappa shape index (κ1) is 21.1. The SMILES string of the molecule is COc1ccccc1CN1CCC(CN(CC(C)C)C(=O)[C@@H]2CCCO2)CC1. The number of carbonyl (C=O) groups excluding carboxylic acids is 1. The van der Waals surface area contributed by atoms with Gasteiger partial charge in [-0.1, -0.05) is 32.0 Å². The summed E-state index contributed by atoms with van der Waals surface area (Å²) in [7, 11) is 1.74. The summed E-state index contributed by atoms with van der Waals surface area (Å²) in [5, 5.41) is 0. The van der Waals surface area contributed by atoms with Crippen LogP contribution in [0.4, 0.5) is 0 Å². The monoisotopic (exact) mass is 388 g/mol. The van der Waals surface area contributed by atoms with Gasteiger partial charge in [0.25, 0.3) is 5.91 Å². The van der Waals surface area contributed by atoms with Crippen LogP contribution in [0.1, 0.15) is 45.1 Å². The van der Waals surface area contributed by atoms with Crippen molar-refractivity contribution >= 4 is 5.91 Å². The Hall–Kier alpha value is -1.59. The fraction of sp³-hybridized carbons (Fsp3) is 0.696.